The maximum Gasteiger partial charge on any atom is 0.159 e. The molecule has 0 radical (unpaired) electrons. The Balaban J connectivity index is 1.38. The molecule has 2 saturated heterocycles. The van der Waals surface area contributed by atoms with E-state index in [9.17, 15) is 5.11 Å². The smallest absolute Gasteiger partial charge is 0.159 e. The SMILES string of the molecule is Cc1cccc(-c2ccn(-c3cc(N4CCOCC4)nc(/C=C(\N)CN4CCN(C(C)(C)O)CC4)n3)n2)c1. The van der Waals surface area contributed by atoms with Crippen LogP contribution in [0.1, 0.15) is 25.2 Å². The van der Waals surface area contributed by atoms with Gasteiger partial charge in [-0.2, -0.15) is 5.10 Å². The summed E-state index contributed by atoms with van der Waals surface area (Å²) >= 11 is 0. The maximum atomic E-state index is 10.3. The Morgan fingerprint density at radius 1 is 1.03 bits per heavy atom. The molecule has 2 aromatic heterocycles. The molecule has 2 fully saturated rings. The Labute approximate surface area is 224 Å². The van der Waals surface area contributed by atoms with Crippen molar-refractivity contribution in [2.75, 3.05) is 63.9 Å². The highest BCUT2D eigenvalue weighted by atomic mass is 16.5. The van der Waals surface area contributed by atoms with Crippen LogP contribution in [-0.2, 0) is 4.74 Å². The lowest BCUT2D eigenvalue weighted by molar-refractivity contribution is -0.0953. The third-order valence-electron chi connectivity index (χ3n) is 7.06. The van der Waals surface area contributed by atoms with Gasteiger partial charge in [-0.25, -0.2) is 14.6 Å². The van der Waals surface area contributed by atoms with Gasteiger partial charge < -0.3 is 20.5 Å². The standard InChI is InChI=1S/C28H38N8O2/c1-21-5-4-6-22(17-21)24-7-8-36(32-24)27-19-26(34-13-15-38-16-14-34)30-25(31-27)18-23(29)20-33-9-11-35(12-10-33)28(2,3)37/h4-8,17-19,37H,9-16,20,29H2,1-3H3/b23-18-. The number of hydrogen-bond donors (Lipinski definition) is 2. The van der Waals surface area contributed by atoms with Gasteiger partial charge in [-0.15, -0.1) is 0 Å². The third-order valence-corrected chi connectivity index (χ3v) is 7.06. The number of anilines is 1. The van der Waals surface area contributed by atoms with E-state index in [0.717, 1.165) is 56.3 Å². The van der Waals surface area contributed by atoms with Gasteiger partial charge in [0.25, 0.3) is 0 Å². The van der Waals surface area contributed by atoms with Crippen molar-refractivity contribution in [1.29, 1.82) is 0 Å². The quantitative estimate of drug-likeness (QED) is 0.486. The van der Waals surface area contributed by atoms with Crippen molar-refractivity contribution in [1.82, 2.24) is 29.5 Å². The van der Waals surface area contributed by atoms with E-state index in [4.69, 9.17) is 25.5 Å². The van der Waals surface area contributed by atoms with Crippen molar-refractivity contribution < 1.29 is 9.84 Å². The maximum absolute atomic E-state index is 10.3. The number of hydrogen-bond acceptors (Lipinski definition) is 9. The first-order chi connectivity index (χ1) is 18.2. The van der Waals surface area contributed by atoms with Crippen LogP contribution in [0.15, 0.2) is 48.3 Å². The predicted molar refractivity (Wildman–Crippen MR) is 149 cm³/mol. The summed E-state index contributed by atoms with van der Waals surface area (Å²) in [5.74, 6) is 2.09. The van der Waals surface area contributed by atoms with Crippen molar-refractivity contribution in [3.05, 3.63) is 59.7 Å². The Hall–Kier alpha value is -3.31. The van der Waals surface area contributed by atoms with Crippen LogP contribution in [0, 0.1) is 6.92 Å². The van der Waals surface area contributed by atoms with Crippen LogP contribution in [0.4, 0.5) is 5.82 Å². The first-order valence-corrected chi connectivity index (χ1v) is 13.3. The van der Waals surface area contributed by atoms with Gasteiger partial charge in [-0.05, 0) is 32.9 Å². The normalized spacial score (nSPS) is 18.2. The Bertz CT molecular complexity index is 1270. The Morgan fingerprint density at radius 2 is 1.76 bits per heavy atom. The fraction of sp³-hybridized carbons (Fsp3) is 0.464. The van der Waals surface area contributed by atoms with Crippen molar-refractivity contribution in [3.63, 3.8) is 0 Å². The molecule has 0 bridgehead atoms. The molecule has 202 valence electrons. The number of nitrogens with zero attached hydrogens (tertiary/aromatic N) is 7. The molecule has 4 heterocycles. The Morgan fingerprint density at radius 3 is 2.47 bits per heavy atom. The average molecular weight is 519 g/mol. The lowest BCUT2D eigenvalue weighted by atomic mass is 10.1. The molecule has 0 amide bonds. The van der Waals surface area contributed by atoms with Gasteiger partial charge in [0.05, 0.1) is 18.9 Å². The molecule has 2 aliphatic heterocycles. The minimum atomic E-state index is -0.802. The van der Waals surface area contributed by atoms with Crippen LogP contribution < -0.4 is 10.6 Å². The highest BCUT2D eigenvalue weighted by Crippen LogP contribution is 2.22. The minimum absolute atomic E-state index is 0.559. The zero-order chi connectivity index (χ0) is 26.7. The highest BCUT2D eigenvalue weighted by Gasteiger charge is 2.27. The number of morpholine rings is 1. The van der Waals surface area contributed by atoms with Gasteiger partial charge in [-0.1, -0.05) is 23.8 Å². The molecular formula is C28H38N8O2. The molecule has 0 spiro atoms. The molecule has 38 heavy (non-hydrogen) atoms. The van der Waals surface area contributed by atoms with Gasteiger partial charge in [0.15, 0.2) is 11.6 Å². The van der Waals surface area contributed by atoms with Gasteiger partial charge in [0.2, 0.25) is 0 Å². The number of aryl methyl sites for hydroxylation is 1. The molecule has 10 nitrogen and oxygen atoms in total. The molecule has 10 heteroatoms. The van der Waals surface area contributed by atoms with Crippen molar-refractivity contribution in [3.8, 4) is 17.1 Å². The number of benzene rings is 1. The van der Waals surface area contributed by atoms with E-state index in [1.54, 1.807) is 4.68 Å². The summed E-state index contributed by atoms with van der Waals surface area (Å²) in [6.07, 6.45) is 3.79. The molecule has 0 aliphatic carbocycles. The van der Waals surface area contributed by atoms with Crippen molar-refractivity contribution in [2.24, 2.45) is 5.73 Å². The van der Waals surface area contributed by atoms with E-state index < -0.39 is 5.72 Å². The summed E-state index contributed by atoms with van der Waals surface area (Å²) in [5, 5.41) is 15.1. The second-order valence-corrected chi connectivity index (χ2v) is 10.5. The molecule has 0 atom stereocenters. The van der Waals surface area contributed by atoms with Crippen molar-refractivity contribution in [2.45, 2.75) is 26.5 Å². The number of aromatic nitrogens is 4. The zero-order valence-corrected chi connectivity index (χ0v) is 22.5. The van der Waals surface area contributed by atoms with Gasteiger partial charge in [0, 0.05) is 75.4 Å². The minimum Gasteiger partial charge on any atom is -0.401 e. The topological polar surface area (TPSA) is 109 Å². The monoisotopic (exact) mass is 518 g/mol. The molecule has 5 rings (SSSR count). The summed E-state index contributed by atoms with van der Waals surface area (Å²) in [5.41, 5.74) is 9.54. The fourth-order valence-corrected chi connectivity index (χ4v) is 4.91. The van der Waals surface area contributed by atoms with Crippen LogP contribution in [0.3, 0.4) is 0 Å². The molecule has 3 aromatic rings. The molecular weight excluding hydrogens is 480 g/mol. The second kappa shape index (κ2) is 11.2. The van der Waals surface area contributed by atoms with E-state index in [2.05, 4.69) is 39.8 Å². The lowest BCUT2D eigenvalue weighted by Gasteiger charge is -2.41. The first kappa shape index (κ1) is 26.3. The molecule has 1 aromatic carbocycles. The van der Waals surface area contributed by atoms with Crippen LogP contribution in [0.2, 0.25) is 0 Å². The van der Waals surface area contributed by atoms with Crippen LogP contribution in [-0.4, -0.2) is 99.4 Å². The molecule has 0 saturated carbocycles. The number of rotatable bonds is 7. The highest BCUT2D eigenvalue weighted by molar-refractivity contribution is 5.60. The third kappa shape index (κ3) is 6.39. The lowest BCUT2D eigenvalue weighted by Crippen LogP contribution is -2.54. The van der Waals surface area contributed by atoms with E-state index in [1.807, 2.05) is 44.3 Å². The van der Waals surface area contributed by atoms with E-state index >= 15 is 0 Å². The summed E-state index contributed by atoms with van der Waals surface area (Å²) in [6.45, 7) is 12.5. The summed E-state index contributed by atoms with van der Waals surface area (Å²) in [7, 11) is 0. The fourth-order valence-electron chi connectivity index (χ4n) is 4.91. The largest absolute Gasteiger partial charge is 0.401 e. The van der Waals surface area contributed by atoms with Crippen LogP contribution >= 0.6 is 0 Å². The van der Waals surface area contributed by atoms with Crippen molar-refractivity contribution >= 4 is 11.9 Å². The van der Waals surface area contributed by atoms with E-state index in [1.165, 1.54) is 5.56 Å². The second-order valence-electron chi connectivity index (χ2n) is 10.5. The summed E-state index contributed by atoms with van der Waals surface area (Å²) in [6, 6.07) is 12.3. The van der Waals surface area contributed by atoms with E-state index in [-0.39, 0.29) is 0 Å². The van der Waals surface area contributed by atoms with Gasteiger partial charge in [-0.3, -0.25) is 9.80 Å². The number of aliphatic hydroxyl groups is 1. The van der Waals surface area contributed by atoms with Gasteiger partial charge in [0.1, 0.15) is 11.5 Å². The Kier molecular flexibility index (Phi) is 7.75. The zero-order valence-electron chi connectivity index (χ0n) is 22.5. The summed E-state index contributed by atoms with van der Waals surface area (Å²) in [4.78, 5) is 16.2. The van der Waals surface area contributed by atoms with Crippen LogP contribution in [0.25, 0.3) is 23.2 Å². The number of piperazine rings is 1. The molecule has 3 N–H and O–H groups in total. The molecule has 2 aliphatic rings. The number of ether oxygens (including phenoxy) is 1. The first-order valence-electron chi connectivity index (χ1n) is 13.3. The average Bonchev–Trinajstić information content (AvgIpc) is 3.39. The molecule has 0 unspecified atom stereocenters. The van der Waals surface area contributed by atoms with E-state index in [0.29, 0.717) is 37.1 Å². The predicted octanol–water partition coefficient (Wildman–Crippen LogP) is 2.12. The van der Waals surface area contributed by atoms with Crippen LogP contribution in [0.5, 0.6) is 0 Å². The summed E-state index contributed by atoms with van der Waals surface area (Å²) < 4.78 is 7.35. The number of nitrogens with two attached hydrogens (primary N) is 1. The van der Waals surface area contributed by atoms with Gasteiger partial charge >= 0.3 is 0 Å².